The standard InChI is InChI=1S/C16H23FN4O/c1-21(22-2)16-14(19)7-6-13(15(16)17)12(8-18)10-20-9-11-4-3-5-11/h6-8,10-11,18,20H,3-5,9,19H2,1-2H3/b12-10+,18-8?. The fourth-order valence-corrected chi connectivity index (χ4v) is 2.44. The molecule has 0 spiro atoms. The van der Waals surface area contributed by atoms with Crippen LogP contribution in [0.25, 0.3) is 5.57 Å². The molecular formula is C16H23FN4O. The molecule has 0 saturated heterocycles. The van der Waals surface area contributed by atoms with Gasteiger partial charge in [-0.1, -0.05) is 6.42 Å². The average Bonchev–Trinajstić information content (AvgIpc) is 2.46. The Morgan fingerprint density at radius 2 is 2.27 bits per heavy atom. The van der Waals surface area contributed by atoms with Gasteiger partial charge in [0.25, 0.3) is 0 Å². The summed E-state index contributed by atoms with van der Waals surface area (Å²) in [7, 11) is 3.03. The molecule has 4 N–H and O–H groups in total. The van der Waals surface area contributed by atoms with Crippen LogP contribution in [0.3, 0.4) is 0 Å². The zero-order chi connectivity index (χ0) is 16.1. The Hall–Kier alpha value is -2.08. The van der Waals surface area contributed by atoms with E-state index in [-0.39, 0.29) is 11.4 Å². The third kappa shape index (κ3) is 3.39. The summed E-state index contributed by atoms with van der Waals surface area (Å²) in [5.41, 5.74) is 7.08. The number of halogens is 1. The van der Waals surface area contributed by atoms with Gasteiger partial charge in [-0.05, 0) is 30.9 Å². The van der Waals surface area contributed by atoms with E-state index in [9.17, 15) is 4.39 Å². The zero-order valence-corrected chi connectivity index (χ0v) is 13.0. The summed E-state index contributed by atoms with van der Waals surface area (Å²) in [6.07, 6.45) is 6.59. The topological polar surface area (TPSA) is 74.4 Å². The molecule has 0 aromatic heterocycles. The van der Waals surface area contributed by atoms with Gasteiger partial charge in [-0.3, -0.25) is 9.90 Å². The predicted molar refractivity (Wildman–Crippen MR) is 88.3 cm³/mol. The van der Waals surface area contributed by atoms with Gasteiger partial charge in [0.05, 0.1) is 12.8 Å². The van der Waals surface area contributed by atoms with Crippen LogP contribution in [0, 0.1) is 17.1 Å². The van der Waals surface area contributed by atoms with Crippen molar-refractivity contribution in [2.75, 3.05) is 31.5 Å². The van der Waals surface area contributed by atoms with Crippen LogP contribution in [0.4, 0.5) is 15.8 Å². The summed E-state index contributed by atoms with van der Waals surface area (Å²) in [6, 6.07) is 3.20. The first-order valence-corrected chi connectivity index (χ1v) is 7.38. The van der Waals surface area contributed by atoms with E-state index in [2.05, 4.69) is 5.32 Å². The molecule has 1 fully saturated rings. The summed E-state index contributed by atoms with van der Waals surface area (Å²) < 4.78 is 14.7. The number of anilines is 2. The first-order valence-electron chi connectivity index (χ1n) is 7.38. The number of rotatable bonds is 7. The van der Waals surface area contributed by atoms with Gasteiger partial charge < -0.3 is 16.5 Å². The van der Waals surface area contributed by atoms with Gasteiger partial charge in [0, 0.05) is 37.1 Å². The van der Waals surface area contributed by atoms with Crippen LogP contribution in [0.2, 0.25) is 0 Å². The molecule has 0 radical (unpaired) electrons. The van der Waals surface area contributed by atoms with E-state index in [4.69, 9.17) is 16.0 Å². The maximum Gasteiger partial charge on any atom is 0.158 e. The molecule has 0 bridgehead atoms. The molecule has 0 amide bonds. The minimum Gasteiger partial charge on any atom is -0.397 e. The maximum atomic E-state index is 14.7. The monoisotopic (exact) mass is 306 g/mol. The van der Waals surface area contributed by atoms with E-state index in [0.29, 0.717) is 17.1 Å². The number of nitrogen functional groups attached to an aromatic ring is 1. The lowest BCUT2D eigenvalue weighted by molar-refractivity contribution is 0.183. The van der Waals surface area contributed by atoms with Crippen LogP contribution < -0.4 is 16.1 Å². The molecule has 0 heterocycles. The molecule has 1 aromatic carbocycles. The summed E-state index contributed by atoms with van der Waals surface area (Å²) in [6.45, 7) is 0.860. The predicted octanol–water partition coefficient (Wildman–Crippen LogP) is 2.79. The zero-order valence-electron chi connectivity index (χ0n) is 13.0. The maximum absolute atomic E-state index is 14.7. The molecular weight excluding hydrogens is 283 g/mol. The van der Waals surface area contributed by atoms with Gasteiger partial charge in [0.1, 0.15) is 5.69 Å². The molecule has 22 heavy (non-hydrogen) atoms. The van der Waals surface area contributed by atoms with Gasteiger partial charge in [-0.25, -0.2) is 4.39 Å². The second-order valence-corrected chi connectivity index (χ2v) is 5.49. The summed E-state index contributed by atoms with van der Waals surface area (Å²) in [5.74, 6) is 0.194. The van der Waals surface area contributed by atoms with E-state index in [1.165, 1.54) is 31.4 Å². The molecule has 5 nitrogen and oxygen atoms in total. The van der Waals surface area contributed by atoms with Crippen molar-refractivity contribution in [2.45, 2.75) is 19.3 Å². The molecule has 1 saturated carbocycles. The van der Waals surface area contributed by atoms with E-state index in [1.807, 2.05) is 0 Å². The highest BCUT2D eigenvalue weighted by Crippen LogP contribution is 2.31. The quantitative estimate of drug-likeness (QED) is 0.411. The Balaban J connectivity index is 2.24. The summed E-state index contributed by atoms with van der Waals surface area (Å²) >= 11 is 0. The minimum absolute atomic E-state index is 0.173. The third-order valence-corrected chi connectivity index (χ3v) is 4.09. The average molecular weight is 306 g/mol. The first kappa shape index (κ1) is 16.3. The molecule has 1 aliphatic rings. The Morgan fingerprint density at radius 3 is 2.82 bits per heavy atom. The molecule has 120 valence electrons. The smallest absolute Gasteiger partial charge is 0.158 e. The van der Waals surface area contributed by atoms with E-state index >= 15 is 0 Å². The lowest BCUT2D eigenvalue weighted by Crippen LogP contribution is -2.24. The number of hydroxylamine groups is 1. The summed E-state index contributed by atoms with van der Waals surface area (Å²) in [4.78, 5) is 5.02. The van der Waals surface area contributed by atoms with Gasteiger partial charge in [-0.15, -0.1) is 0 Å². The van der Waals surface area contributed by atoms with Crippen LogP contribution in [0.1, 0.15) is 24.8 Å². The number of hydrogen-bond donors (Lipinski definition) is 3. The number of allylic oxidation sites excluding steroid dienone is 1. The van der Waals surface area contributed by atoms with Gasteiger partial charge in [-0.2, -0.15) is 0 Å². The number of nitrogens with two attached hydrogens (primary N) is 1. The molecule has 0 atom stereocenters. The first-order chi connectivity index (χ1) is 10.6. The SMILES string of the molecule is CON(C)c1c(N)ccc(/C(C=N)=C/NCC2CCC2)c1F. The molecule has 2 rings (SSSR count). The summed E-state index contributed by atoms with van der Waals surface area (Å²) in [5, 5.41) is 12.0. The fraction of sp³-hybridized carbons (Fsp3) is 0.438. The highest BCUT2D eigenvalue weighted by atomic mass is 19.1. The van der Waals surface area contributed by atoms with Crippen molar-refractivity contribution < 1.29 is 9.23 Å². The fourth-order valence-electron chi connectivity index (χ4n) is 2.44. The lowest BCUT2D eigenvalue weighted by Gasteiger charge is -2.25. The third-order valence-electron chi connectivity index (χ3n) is 4.09. The molecule has 6 heteroatoms. The van der Waals surface area contributed by atoms with Crippen molar-refractivity contribution in [3.8, 4) is 0 Å². The van der Waals surface area contributed by atoms with Crippen LogP contribution in [0.5, 0.6) is 0 Å². The van der Waals surface area contributed by atoms with Crippen LogP contribution in [-0.2, 0) is 4.84 Å². The minimum atomic E-state index is -0.496. The van der Waals surface area contributed by atoms with Crippen LogP contribution >= 0.6 is 0 Å². The van der Waals surface area contributed by atoms with Crippen molar-refractivity contribution in [1.29, 1.82) is 5.41 Å². The molecule has 1 aromatic rings. The van der Waals surface area contributed by atoms with Gasteiger partial charge in [0.2, 0.25) is 0 Å². The lowest BCUT2D eigenvalue weighted by atomic mass is 9.85. The second kappa shape index (κ2) is 7.26. The Labute approximate surface area is 130 Å². The Bertz CT molecular complexity index is 570. The van der Waals surface area contributed by atoms with Crippen molar-refractivity contribution in [3.05, 3.63) is 29.7 Å². The van der Waals surface area contributed by atoms with Gasteiger partial charge >= 0.3 is 0 Å². The number of nitrogens with one attached hydrogen (secondary N) is 2. The van der Waals surface area contributed by atoms with Crippen LogP contribution in [0.15, 0.2) is 18.3 Å². The van der Waals surface area contributed by atoms with Crippen molar-refractivity contribution in [2.24, 2.45) is 5.92 Å². The van der Waals surface area contributed by atoms with E-state index < -0.39 is 5.82 Å². The van der Waals surface area contributed by atoms with Crippen molar-refractivity contribution in [3.63, 3.8) is 0 Å². The highest BCUT2D eigenvalue weighted by Gasteiger charge is 2.18. The molecule has 0 unspecified atom stereocenters. The normalized spacial score (nSPS) is 15.3. The van der Waals surface area contributed by atoms with E-state index in [0.717, 1.165) is 12.8 Å². The number of benzene rings is 1. The molecule has 0 aliphatic heterocycles. The highest BCUT2D eigenvalue weighted by molar-refractivity contribution is 6.08. The second-order valence-electron chi connectivity index (χ2n) is 5.49. The Morgan fingerprint density at radius 1 is 1.55 bits per heavy atom. The van der Waals surface area contributed by atoms with Gasteiger partial charge in [0.15, 0.2) is 5.82 Å². The largest absolute Gasteiger partial charge is 0.397 e. The van der Waals surface area contributed by atoms with E-state index in [1.54, 1.807) is 25.4 Å². The number of nitrogens with zero attached hydrogens (tertiary/aromatic N) is 1. The van der Waals surface area contributed by atoms with Crippen molar-refractivity contribution >= 4 is 23.2 Å². The Kier molecular flexibility index (Phi) is 5.38. The van der Waals surface area contributed by atoms with Crippen LogP contribution in [-0.4, -0.2) is 26.9 Å². The van der Waals surface area contributed by atoms with Crippen molar-refractivity contribution in [1.82, 2.24) is 5.32 Å². The number of hydrogen-bond acceptors (Lipinski definition) is 5. The molecule has 1 aliphatic carbocycles.